The topological polar surface area (TPSA) is 38.8 Å². The second-order valence-electron chi connectivity index (χ2n) is 5.44. The van der Waals surface area contributed by atoms with Gasteiger partial charge in [-0.05, 0) is 37.9 Å². The molecule has 0 amide bonds. The maximum absolute atomic E-state index is 11.1. The molecule has 0 saturated carbocycles. The van der Waals surface area contributed by atoms with E-state index in [9.17, 15) is 4.79 Å². The summed E-state index contributed by atoms with van der Waals surface area (Å²) in [5, 5.41) is 0. The molecule has 0 aliphatic carbocycles. The monoisotopic (exact) mass is 291 g/mol. The number of nitrogens with zero attached hydrogens (tertiary/aromatic N) is 1. The summed E-state index contributed by atoms with van der Waals surface area (Å²) in [6, 6.07) is 6.04. The van der Waals surface area contributed by atoms with Crippen LogP contribution in [-0.2, 0) is 0 Å². The Morgan fingerprint density at radius 2 is 2.24 bits per heavy atom. The van der Waals surface area contributed by atoms with Gasteiger partial charge in [-0.15, -0.1) is 0 Å². The predicted molar refractivity (Wildman–Crippen MR) is 83.4 cm³/mol. The van der Waals surface area contributed by atoms with E-state index in [1.54, 1.807) is 19.2 Å². The molecule has 1 aliphatic rings. The molecular formula is C17H25NO3. The van der Waals surface area contributed by atoms with E-state index in [4.69, 9.17) is 9.47 Å². The highest BCUT2D eigenvalue weighted by atomic mass is 16.5. The smallest absolute Gasteiger partial charge is 0.171 e. The van der Waals surface area contributed by atoms with E-state index in [1.165, 1.54) is 25.7 Å². The van der Waals surface area contributed by atoms with E-state index in [1.807, 2.05) is 6.07 Å². The minimum atomic E-state index is 0.542. The lowest BCUT2D eigenvalue weighted by Crippen LogP contribution is -2.41. The molecule has 1 aliphatic heterocycles. The third kappa shape index (κ3) is 3.97. The summed E-state index contributed by atoms with van der Waals surface area (Å²) in [6.07, 6.45) is 5.88. The molecule has 1 fully saturated rings. The largest absolute Gasteiger partial charge is 0.493 e. The summed E-state index contributed by atoms with van der Waals surface area (Å²) >= 11 is 0. The zero-order valence-corrected chi connectivity index (χ0v) is 13.0. The van der Waals surface area contributed by atoms with Crippen molar-refractivity contribution in [1.29, 1.82) is 0 Å². The molecule has 4 heteroatoms. The Kier molecular flexibility index (Phi) is 6.05. The number of likely N-dealkylation sites (tertiary alicyclic amines) is 1. The van der Waals surface area contributed by atoms with E-state index in [0.717, 1.165) is 19.4 Å². The zero-order valence-electron chi connectivity index (χ0n) is 13.0. The van der Waals surface area contributed by atoms with Crippen molar-refractivity contribution in [2.45, 2.75) is 38.6 Å². The molecule has 1 saturated heterocycles. The molecule has 1 unspecified atom stereocenters. The molecular weight excluding hydrogens is 266 g/mol. The Balaban J connectivity index is 1.95. The third-order valence-corrected chi connectivity index (χ3v) is 4.20. The molecule has 1 aromatic rings. The first-order chi connectivity index (χ1) is 10.3. The number of carbonyl (C=O) groups excluding carboxylic acids is 1. The fraction of sp³-hybridized carbons (Fsp3) is 0.588. The minimum absolute atomic E-state index is 0.542. The normalized spacial score (nSPS) is 19.2. The number of methoxy groups -OCH3 is 1. The van der Waals surface area contributed by atoms with Crippen molar-refractivity contribution in [3.8, 4) is 11.5 Å². The third-order valence-electron chi connectivity index (χ3n) is 4.20. The second-order valence-corrected chi connectivity index (χ2v) is 5.44. The second kappa shape index (κ2) is 8.03. The van der Waals surface area contributed by atoms with E-state index >= 15 is 0 Å². The number of para-hydroxylation sites is 1. The van der Waals surface area contributed by atoms with Crippen LogP contribution in [0.25, 0.3) is 0 Å². The first-order valence-electron chi connectivity index (χ1n) is 7.79. The van der Waals surface area contributed by atoms with Crippen LogP contribution >= 0.6 is 0 Å². The first kappa shape index (κ1) is 15.8. The summed E-state index contributed by atoms with van der Waals surface area (Å²) < 4.78 is 11.1. The van der Waals surface area contributed by atoms with Gasteiger partial charge in [-0.3, -0.25) is 9.69 Å². The molecule has 1 atom stereocenters. The molecule has 21 heavy (non-hydrogen) atoms. The van der Waals surface area contributed by atoms with Crippen LogP contribution in [0.1, 0.15) is 43.0 Å². The number of hydrogen-bond acceptors (Lipinski definition) is 4. The fourth-order valence-electron chi connectivity index (χ4n) is 3.02. The molecule has 0 aromatic heterocycles. The maximum atomic E-state index is 11.1. The van der Waals surface area contributed by atoms with E-state index in [0.29, 0.717) is 29.7 Å². The lowest BCUT2D eigenvalue weighted by Gasteiger charge is -2.35. The highest BCUT2D eigenvalue weighted by molar-refractivity contribution is 5.81. The van der Waals surface area contributed by atoms with E-state index in [2.05, 4.69) is 11.8 Å². The van der Waals surface area contributed by atoms with E-state index < -0.39 is 0 Å². The molecule has 4 nitrogen and oxygen atoms in total. The van der Waals surface area contributed by atoms with Crippen molar-refractivity contribution in [1.82, 2.24) is 4.90 Å². The lowest BCUT2D eigenvalue weighted by atomic mass is 10.0. The van der Waals surface area contributed by atoms with Crippen molar-refractivity contribution in [3.05, 3.63) is 23.8 Å². The molecule has 116 valence electrons. The van der Waals surface area contributed by atoms with Crippen molar-refractivity contribution >= 4 is 6.29 Å². The molecule has 0 bridgehead atoms. The van der Waals surface area contributed by atoms with Gasteiger partial charge in [-0.2, -0.15) is 0 Å². The van der Waals surface area contributed by atoms with Crippen LogP contribution in [-0.4, -0.2) is 44.0 Å². The van der Waals surface area contributed by atoms with Gasteiger partial charge in [0, 0.05) is 12.6 Å². The molecule has 2 rings (SSSR count). The summed E-state index contributed by atoms with van der Waals surface area (Å²) in [6.45, 7) is 4.87. The van der Waals surface area contributed by atoms with Gasteiger partial charge in [-0.1, -0.05) is 19.4 Å². The number of rotatable bonds is 7. The number of hydrogen-bond donors (Lipinski definition) is 0. The van der Waals surface area contributed by atoms with Crippen LogP contribution in [0.15, 0.2) is 18.2 Å². The van der Waals surface area contributed by atoms with Gasteiger partial charge in [0.2, 0.25) is 0 Å². The summed E-state index contributed by atoms with van der Waals surface area (Å²) in [5.41, 5.74) is 0.542. The molecule has 1 heterocycles. The Bertz CT molecular complexity index is 461. The Morgan fingerprint density at radius 3 is 2.95 bits per heavy atom. The molecule has 0 spiro atoms. The SMILES string of the molecule is CCC1CCCCN1CCOc1c(C=O)cccc1OC. The van der Waals surface area contributed by atoms with Crippen LogP contribution in [0.2, 0.25) is 0 Å². The molecule has 0 radical (unpaired) electrons. The van der Waals surface area contributed by atoms with E-state index in [-0.39, 0.29) is 0 Å². The number of piperidine rings is 1. The van der Waals surface area contributed by atoms with Crippen LogP contribution in [0, 0.1) is 0 Å². The molecule has 1 aromatic carbocycles. The quantitative estimate of drug-likeness (QED) is 0.723. The lowest BCUT2D eigenvalue weighted by molar-refractivity contribution is 0.110. The van der Waals surface area contributed by atoms with Crippen molar-refractivity contribution < 1.29 is 14.3 Å². The Morgan fingerprint density at radius 1 is 1.38 bits per heavy atom. The summed E-state index contributed by atoms with van der Waals surface area (Å²) in [7, 11) is 1.59. The number of ether oxygens (including phenoxy) is 2. The Hall–Kier alpha value is -1.55. The van der Waals surface area contributed by atoms with Gasteiger partial charge in [0.1, 0.15) is 6.61 Å². The average Bonchev–Trinajstić information content (AvgIpc) is 2.55. The summed E-state index contributed by atoms with van der Waals surface area (Å²) in [5.74, 6) is 1.17. The minimum Gasteiger partial charge on any atom is -0.493 e. The maximum Gasteiger partial charge on any atom is 0.171 e. The first-order valence-corrected chi connectivity index (χ1v) is 7.79. The van der Waals surface area contributed by atoms with Crippen molar-refractivity contribution in [2.75, 3.05) is 26.8 Å². The number of carbonyl (C=O) groups is 1. The van der Waals surface area contributed by atoms with Gasteiger partial charge >= 0.3 is 0 Å². The fourth-order valence-corrected chi connectivity index (χ4v) is 3.02. The van der Waals surface area contributed by atoms with Crippen molar-refractivity contribution in [3.63, 3.8) is 0 Å². The number of aldehydes is 1. The molecule has 0 N–H and O–H groups in total. The van der Waals surface area contributed by atoms with Crippen LogP contribution in [0.5, 0.6) is 11.5 Å². The Labute approximate surface area is 127 Å². The standard InChI is InChI=1S/C17H25NO3/c1-3-15-8-4-5-10-18(15)11-12-21-17-14(13-19)7-6-9-16(17)20-2/h6-7,9,13,15H,3-5,8,10-12H2,1-2H3. The highest BCUT2D eigenvalue weighted by Crippen LogP contribution is 2.30. The average molecular weight is 291 g/mol. The van der Waals surface area contributed by atoms with Gasteiger partial charge in [-0.25, -0.2) is 0 Å². The van der Waals surface area contributed by atoms with Gasteiger partial charge in [0.05, 0.1) is 12.7 Å². The van der Waals surface area contributed by atoms with Crippen LogP contribution < -0.4 is 9.47 Å². The van der Waals surface area contributed by atoms with Crippen LogP contribution in [0.4, 0.5) is 0 Å². The van der Waals surface area contributed by atoms with Gasteiger partial charge < -0.3 is 9.47 Å². The van der Waals surface area contributed by atoms with Gasteiger partial charge in [0.25, 0.3) is 0 Å². The zero-order chi connectivity index (χ0) is 15.1. The van der Waals surface area contributed by atoms with Crippen LogP contribution in [0.3, 0.4) is 0 Å². The number of benzene rings is 1. The summed E-state index contributed by atoms with van der Waals surface area (Å²) in [4.78, 5) is 13.6. The van der Waals surface area contributed by atoms with Gasteiger partial charge in [0.15, 0.2) is 17.8 Å². The van der Waals surface area contributed by atoms with Crippen molar-refractivity contribution in [2.24, 2.45) is 0 Å². The predicted octanol–water partition coefficient (Wildman–Crippen LogP) is 3.15. The highest BCUT2D eigenvalue weighted by Gasteiger charge is 2.20.